The molecule has 0 N–H and O–H groups in total. The lowest BCUT2D eigenvalue weighted by atomic mass is 9.96. The van der Waals surface area contributed by atoms with Gasteiger partial charge in [0.1, 0.15) is 0 Å². The van der Waals surface area contributed by atoms with Crippen molar-refractivity contribution in [1.82, 2.24) is 0 Å². The van der Waals surface area contributed by atoms with Gasteiger partial charge < -0.3 is 4.90 Å². The van der Waals surface area contributed by atoms with E-state index in [4.69, 9.17) is 0 Å². The summed E-state index contributed by atoms with van der Waals surface area (Å²) >= 11 is 1.91. The van der Waals surface area contributed by atoms with Gasteiger partial charge in [-0.2, -0.15) is 0 Å². The van der Waals surface area contributed by atoms with Gasteiger partial charge in [-0.15, -0.1) is 11.3 Å². The van der Waals surface area contributed by atoms with Crippen LogP contribution < -0.4 is 4.90 Å². The molecule has 11 rings (SSSR count). The van der Waals surface area contributed by atoms with Gasteiger partial charge in [0.15, 0.2) is 0 Å². The van der Waals surface area contributed by atoms with E-state index in [-0.39, 0.29) is 0 Å². The molecule has 1 heterocycles. The standard InChI is InChI=1S/C56H37NS/c1-2-12-38(13-3-1)40-26-31-46(32-27-40)57(48-35-30-39-14-4-5-16-44(39)37-48)47-33-28-41(29-34-47)43-18-8-19-45(36-43)50-21-10-24-53-54-25-11-23-52(56(54)58-55(50)53)51-22-9-17-42-15-6-7-20-49(42)51/h1-37H. The zero-order valence-corrected chi connectivity index (χ0v) is 32.5. The van der Waals surface area contributed by atoms with E-state index in [1.54, 1.807) is 0 Å². The highest BCUT2D eigenvalue weighted by Gasteiger charge is 2.17. The van der Waals surface area contributed by atoms with E-state index < -0.39 is 0 Å². The van der Waals surface area contributed by atoms with Crippen molar-refractivity contribution in [3.8, 4) is 44.5 Å². The Morgan fingerprint density at radius 3 is 1.50 bits per heavy atom. The Morgan fingerprint density at radius 2 is 0.741 bits per heavy atom. The minimum atomic E-state index is 1.11. The number of hydrogen-bond acceptors (Lipinski definition) is 2. The first-order chi connectivity index (χ1) is 28.7. The lowest BCUT2D eigenvalue weighted by Gasteiger charge is -2.26. The van der Waals surface area contributed by atoms with Gasteiger partial charge in [-0.25, -0.2) is 0 Å². The number of rotatable bonds is 7. The van der Waals surface area contributed by atoms with E-state index in [1.807, 2.05) is 11.3 Å². The van der Waals surface area contributed by atoms with E-state index in [0.717, 1.165) is 17.1 Å². The first kappa shape index (κ1) is 34.0. The smallest absolute Gasteiger partial charge is 0.0468 e. The Morgan fingerprint density at radius 1 is 0.259 bits per heavy atom. The highest BCUT2D eigenvalue weighted by atomic mass is 32.1. The molecule has 1 nitrogen and oxygen atoms in total. The number of fused-ring (bicyclic) bond motifs is 5. The maximum Gasteiger partial charge on any atom is 0.0468 e. The Hall–Kier alpha value is -7.26. The molecule has 0 atom stereocenters. The van der Waals surface area contributed by atoms with Crippen LogP contribution in [-0.2, 0) is 0 Å². The normalized spacial score (nSPS) is 11.4. The molecule has 0 unspecified atom stereocenters. The molecular weight excluding hydrogens is 719 g/mol. The van der Waals surface area contributed by atoms with Crippen LogP contribution in [0.15, 0.2) is 224 Å². The molecule has 0 saturated carbocycles. The fourth-order valence-electron chi connectivity index (χ4n) is 8.59. The number of benzene rings is 10. The van der Waals surface area contributed by atoms with Crippen LogP contribution in [0, 0.1) is 0 Å². The molecule has 11 aromatic rings. The van der Waals surface area contributed by atoms with Crippen LogP contribution >= 0.6 is 11.3 Å². The van der Waals surface area contributed by atoms with Crippen LogP contribution in [0.25, 0.3) is 86.2 Å². The third-order valence-electron chi connectivity index (χ3n) is 11.5. The predicted octanol–water partition coefficient (Wildman–Crippen LogP) is 16.5. The molecule has 0 saturated heterocycles. The van der Waals surface area contributed by atoms with Crippen molar-refractivity contribution in [2.45, 2.75) is 0 Å². The van der Waals surface area contributed by atoms with Crippen molar-refractivity contribution in [1.29, 1.82) is 0 Å². The summed E-state index contributed by atoms with van der Waals surface area (Å²) in [6.07, 6.45) is 0. The molecule has 0 bridgehead atoms. The van der Waals surface area contributed by atoms with Crippen molar-refractivity contribution in [2.24, 2.45) is 0 Å². The quantitative estimate of drug-likeness (QED) is 0.157. The Balaban J connectivity index is 0.966. The van der Waals surface area contributed by atoms with Crippen LogP contribution in [0.5, 0.6) is 0 Å². The van der Waals surface area contributed by atoms with Gasteiger partial charge in [0.25, 0.3) is 0 Å². The molecule has 0 radical (unpaired) electrons. The fourth-order valence-corrected chi connectivity index (χ4v) is 9.95. The highest BCUT2D eigenvalue weighted by Crippen LogP contribution is 2.45. The van der Waals surface area contributed by atoms with E-state index in [0.29, 0.717) is 0 Å². The molecule has 0 aliphatic rings. The summed E-state index contributed by atoms with van der Waals surface area (Å²) in [5.74, 6) is 0. The van der Waals surface area contributed by atoms with Gasteiger partial charge in [0.05, 0.1) is 0 Å². The molecule has 272 valence electrons. The summed E-state index contributed by atoms with van der Waals surface area (Å²) in [4.78, 5) is 2.36. The van der Waals surface area contributed by atoms with Gasteiger partial charge in [-0.05, 0) is 103 Å². The number of thiophene rings is 1. The number of hydrogen-bond donors (Lipinski definition) is 0. The molecule has 58 heavy (non-hydrogen) atoms. The minimum absolute atomic E-state index is 1.11. The summed E-state index contributed by atoms with van der Waals surface area (Å²) < 4.78 is 2.65. The van der Waals surface area contributed by atoms with Crippen LogP contribution in [-0.4, -0.2) is 0 Å². The van der Waals surface area contributed by atoms with Crippen molar-refractivity contribution in [3.63, 3.8) is 0 Å². The van der Waals surface area contributed by atoms with Crippen molar-refractivity contribution >= 4 is 70.1 Å². The van der Waals surface area contributed by atoms with Gasteiger partial charge >= 0.3 is 0 Å². The van der Waals surface area contributed by atoms with Crippen LogP contribution in [0.2, 0.25) is 0 Å². The van der Waals surface area contributed by atoms with E-state index >= 15 is 0 Å². The first-order valence-electron chi connectivity index (χ1n) is 19.8. The average Bonchev–Trinajstić information content (AvgIpc) is 3.69. The monoisotopic (exact) mass is 755 g/mol. The molecule has 0 amide bonds. The molecule has 0 spiro atoms. The molecule has 1 aromatic heterocycles. The zero-order chi connectivity index (χ0) is 38.4. The molecular formula is C56H37NS. The molecule has 2 heteroatoms. The van der Waals surface area contributed by atoms with E-state index in [1.165, 1.54) is 86.2 Å². The highest BCUT2D eigenvalue weighted by molar-refractivity contribution is 7.26. The maximum atomic E-state index is 2.36. The lowest BCUT2D eigenvalue weighted by Crippen LogP contribution is -2.09. The van der Waals surface area contributed by atoms with Crippen molar-refractivity contribution in [2.75, 3.05) is 4.90 Å². The Labute approximate surface area is 342 Å². The third-order valence-corrected chi connectivity index (χ3v) is 12.7. The Bertz CT molecular complexity index is 3260. The molecule has 0 fully saturated rings. The Kier molecular flexibility index (Phi) is 8.42. The minimum Gasteiger partial charge on any atom is -0.310 e. The second-order valence-electron chi connectivity index (χ2n) is 14.9. The second-order valence-corrected chi connectivity index (χ2v) is 15.9. The second kappa shape index (κ2) is 14.4. The number of nitrogens with zero attached hydrogens (tertiary/aromatic N) is 1. The SMILES string of the molecule is c1ccc(-c2ccc(N(c3ccc(-c4cccc(-c5cccc6c5sc5c(-c7cccc8ccccc78)cccc56)c4)cc3)c3ccc4ccccc4c3)cc2)cc1. The van der Waals surface area contributed by atoms with Gasteiger partial charge in [0.2, 0.25) is 0 Å². The summed E-state index contributed by atoms with van der Waals surface area (Å²) in [5, 5.41) is 7.62. The van der Waals surface area contributed by atoms with Gasteiger partial charge in [-0.3, -0.25) is 0 Å². The van der Waals surface area contributed by atoms with E-state index in [2.05, 4.69) is 229 Å². The summed E-state index contributed by atoms with van der Waals surface area (Å²) in [5.41, 5.74) is 13.2. The third kappa shape index (κ3) is 6.03. The first-order valence-corrected chi connectivity index (χ1v) is 20.6. The van der Waals surface area contributed by atoms with Gasteiger partial charge in [0, 0.05) is 42.8 Å². The largest absolute Gasteiger partial charge is 0.310 e. The molecule has 0 aliphatic carbocycles. The van der Waals surface area contributed by atoms with E-state index in [9.17, 15) is 0 Å². The summed E-state index contributed by atoms with van der Waals surface area (Å²) in [6.45, 7) is 0. The van der Waals surface area contributed by atoms with Crippen molar-refractivity contribution in [3.05, 3.63) is 224 Å². The van der Waals surface area contributed by atoms with Crippen LogP contribution in [0.3, 0.4) is 0 Å². The zero-order valence-electron chi connectivity index (χ0n) is 31.7. The molecule has 0 aliphatic heterocycles. The summed E-state index contributed by atoms with van der Waals surface area (Å²) in [7, 11) is 0. The topological polar surface area (TPSA) is 3.24 Å². The van der Waals surface area contributed by atoms with Gasteiger partial charge in [-0.1, -0.05) is 182 Å². The van der Waals surface area contributed by atoms with Crippen molar-refractivity contribution < 1.29 is 0 Å². The predicted molar refractivity (Wildman–Crippen MR) is 251 cm³/mol. The van der Waals surface area contributed by atoms with Crippen LogP contribution in [0.4, 0.5) is 17.1 Å². The lowest BCUT2D eigenvalue weighted by molar-refractivity contribution is 1.29. The average molecular weight is 756 g/mol. The maximum absolute atomic E-state index is 2.36. The number of anilines is 3. The summed E-state index contributed by atoms with van der Waals surface area (Å²) in [6, 6.07) is 81.7. The fraction of sp³-hybridized carbons (Fsp3) is 0. The molecule has 10 aromatic carbocycles. The van der Waals surface area contributed by atoms with Crippen LogP contribution in [0.1, 0.15) is 0 Å².